The van der Waals surface area contributed by atoms with Crippen molar-refractivity contribution in [3.8, 4) is 5.88 Å². The van der Waals surface area contributed by atoms with Crippen molar-refractivity contribution in [3.05, 3.63) is 75.3 Å². The topological polar surface area (TPSA) is 128 Å². The number of benzene rings is 1. The van der Waals surface area contributed by atoms with Gasteiger partial charge in [-0.1, -0.05) is 30.3 Å². The summed E-state index contributed by atoms with van der Waals surface area (Å²) >= 11 is 0. The summed E-state index contributed by atoms with van der Waals surface area (Å²) in [6.45, 7) is 3.61. The number of ether oxygens (including phenoxy) is 2. The predicted octanol–water partition coefficient (Wildman–Crippen LogP) is 2.11. The van der Waals surface area contributed by atoms with Crippen molar-refractivity contribution >= 4 is 39.0 Å². The van der Waals surface area contributed by atoms with Crippen LogP contribution in [0, 0.1) is 6.92 Å². The van der Waals surface area contributed by atoms with Crippen LogP contribution < -0.4 is 20.9 Å². The maximum atomic E-state index is 12.7. The standard InChI is InChI=1S/C27H30N6O5S/c1-18-26(35)32(25-21(30-18)9-10-23(31-25)37-2)12-6-11-28-13-20-15-33(27(36)38-20)24-14-29-22(34)17-39(24)16-19-7-4-3-5-8-19/h3-5,7-10,14,17,20,28H,6,11-13,15-16H2,1-2H3,(H,29,34)/t20-,39?/m1/s1. The van der Waals surface area contributed by atoms with Crippen LogP contribution in [-0.4, -0.2) is 69.7 Å². The minimum Gasteiger partial charge on any atom is -0.481 e. The van der Waals surface area contributed by atoms with Gasteiger partial charge in [-0.25, -0.2) is 9.78 Å². The molecule has 3 aromatic rings. The third kappa shape index (κ3) is 6.02. The first-order chi connectivity index (χ1) is 18.9. The van der Waals surface area contributed by atoms with E-state index in [0.29, 0.717) is 61.1 Å². The molecule has 2 atom stereocenters. The SMILES string of the molecule is COc1ccc2nc(C)c(=O)n(CCCNC[C@@H]3CN(C4=CNC(=O)C=S4Cc4ccccc4)C(=O)O3)c2n1. The van der Waals surface area contributed by atoms with E-state index in [1.165, 1.54) is 7.11 Å². The highest BCUT2D eigenvalue weighted by Gasteiger charge is 2.35. The van der Waals surface area contributed by atoms with Gasteiger partial charge in [0.05, 0.1) is 18.7 Å². The van der Waals surface area contributed by atoms with Gasteiger partial charge in [-0.3, -0.25) is 19.1 Å². The Bertz CT molecular complexity index is 1520. The van der Waals surface area contributed by atoms with E-state index in [-0.39, 0.29) is 17.6 Å². The number of hydrogen-bond donors (Lipinski definition) is 2. The van der Waals surface area contributed by atoms with E-state index in [4.69, 9.17) is 9.47 Å². The first-order valence-electron chi connectivity index (χ1n) is 12.6. The van der Waals surface area contributed by atoms with Gasteiger partial charge < -0.3 is 20.1 Å². The average Bonchev–Trinajstić information content (AvgIpc) is 3.30. The van der Waals surface area contributed by atoms with Gasteiger partial charge in [-0.2, -0.15) is 4.98 Å². The molecule has 0 spiro atoms. The summed E-state index contributed by atoms with van der Waals surface area (Å²) in [4.78, 5) is 47.9. The molecular formula is C27H30N6O5S. The summed E-state index contributed by atoms with van der Waals surface area (Å²) in [5, 5.41) is 8.41. The molecule has 2 amide bonds. The first kappa shape index (κ1) is 26.6. The van der Waals surface area contributed by atoms with Crippen LogP contribution in [0.15, 0.2) is 58.5 Å². The third-order valence-corrected chi connectivity index (χ3v) is 8.42. The Balaban J connectivity index is 1.17. The molecule has 2 aliphatic rings. The number of aromatic nitrogens is 3. The highest BCUT2D eigenvalue weighted by molar-refractivity contribution is 8.18. The number of pyridine rings is 1. The van der Waals surface area contributed by atoms with Crippen LogP contribution in [-0.2, 0) is 21.8 Å². The van der Waals surface area contributed by atoms with Crippen molar-refractivity contribution in [3.63, 3.8) is 0 Å². The van der Waals surface area contributed by atoms with Crippen LogP contribution in [0.5, 0.6) is 5.88 Å². The second kappa shape index (κ2) is 11.8. The molecule has 1 aromatic carbocycles. The van der Waals surface area contributed by atoms with Gasteiger partial charge in [0.1, 0.15) is 17.3 Å². The lowest BCUT2D eigenvalue weighted by molar-refractivity contribution is -0.113. The Morgan fingerprint density at radius 1 is 1.15 bits per heavy atom. The van der Waals surface area contributed by atoms with Crippen LogP contribution in [0.3, 0.4) is 0 Å². The Kier molecular flexibility index (Phi) is 8.03. The fourth-order valence-electron chi connectivity index (χ4n) is 4.50. The number of fused-ring (bicyclic) bond motifs is 1. The van der Waals surface area contributed by atoms with E-state index in [1.807, 2.05) is 30.3 Å². The predicted molar refractivity (Wildman–Crippen MR) is 150 cm³/mol. The van der Waals surface area contributed by atoms with Crippen LogP contribution in [0.25, 0.3) is 11.2 Å². The zero-order valence-electron chi connectivity index (χ0n) is 21.8. The molecule has 0 aliphatic carbocycles. The number of hydrogen-bond acceptors (Lipinski definition) is 8. The number of aryl methyl sites for hydroxylation is 2. The van der Waals surface area contributed by atoms with Crippen molar-refractivity contribution in [1.82, 2.24) is 30.1 Å². The highest BCUT2D eigenvalue weighted by Crippen LogP contribution is 2.35. The molecule has 1 saturated heterocycles. The fraction of sp³-hybridized carbons (Fsp3) is 0.333. The summed E-state index contributed by atoms with van der Waals surface area (Å²) in [5.41, 5.74) is 2.45. The fourth-order valence-corrected chi connectivity index (χ4v) is 6.38. The van der Waals surface area contributed by atoms with E-state index in [1.54, 1.807) is 40.1 Å². The van der Waals surface area contributed by atoms with E-state index < -0.39 is 16.6 Å². The van der Waals surface area contributed by atoms with E-state index in [9.17, 15) is 14.4 Å². The second-order valence-electron chi connectivity index (χ2n) is 9.19. The third-order valence-electron chi connectivity index (χ3n) is 6.40. The van der Waals surface area contributed by atoms with Crippen LogP contribution in [0.4, 0.5) is 4.79 Å². The molecule has 1 unspecified atom stereocenters. The molecule has 12 heteroatoms. The maximum absolute atomic E-state index is 12.7. The summed E-state index contributed by atoms with van der Waals surface area (Å²) in [6, 6.07) is 13.4. The molecular weight excluding hydrogens is 520 g/mol. The Labute approximate surface area is 227 Å². The van der Waals surface area contributed by atoms with Gasteiger partial charge in [0, 0.05) is 36.5 Å². The molecule has 2 N–H and O–H groups in total. The van der Waals surface area contributed by atoms with Gasteiger partial charge in [0.25, 0.3) is 11.5 Å². The van der Waals surface area contributed by atoms with Gasteiger partial charge in [0.2, 0.25) is 5.88 Å². The lowest BCUT2D eigenvalue weighted by atomic mass is 10.2. The largest absolute Gasteiger partial charge is 0.481 e. The average molecular weight is 551 g/mol. The molecule has 4 heterocycles. The Morgan fingerprint density at radius 2 is 1.97 bits per heavy atom. The number of nitrogens with one attached hydrogen (secondary N) is 2. The molecule has 2 aromatic heterocycles. The Hall–Kier alpha value is -4.03. The van der Waals surface area contributed by atoms with Crippen molar-refractivity contribution in [2.45, 2.75) is 31.7 Å². The molecule has 2 aliphatic heterocycles. The number of rotatable bonds is 10. The van der Waals surface area contributed by atoms with Crippen LogP contribution in [0.2, 0.25) is 0 Å². The number of cyclic esters (lactones) is 1. The number of nitrogens with zero attached hydrogens (tertiary/aromatic N) is 4. The number of carbonyl (C=O) groups excluding carboxylic acids is 2. The lowest BCUT2D eigenvalue weighted by Crippen LogP contribution is -2.33. The Morgan fingerprint density at radius 3 is 2.77 bits per heavy atom. The summed E-state index contributed by atoms with van der Waals surface area (Å²) < 4.78 is 12.4. The molecule has 0 saturated carbocycles. The smallest absolute Gasteiger partial charge is 0.415 e. The second-order valence-corrected chi connectivity index (χ2v) is 11.0. The van der Waals surface area contributed by atoms with E-state index in [0.717, 1.165) is 10.6 Å². The molecule has 0 bridgehead atoms. The number of methoxy groups -OCH3 is 1. The molecule has 5 rings (SSSR count). The molecule has 39 heavy (non-hydrogen) atoms. The normalized spacial score (nSPS) is 18.9. The quantitative estimate of drug-likeness (QED) is 0.290. The summed E-state index contributed by atoms with van der Waals surface area (Å²) in [5.74, 6) is 0.883. The maximum Gasteiger partial charge on any atom is 0.415 e. The van der Waals surface area contributed by atoms with Gasteiger partial charge in [0.15, 0.2) is 5.65 Å². The van der Waals surface area contributed by atoms with Crippen molar-refractivity contribution in [2.75, 3.05) is 26.7 Å². The molecule has 204 valence electrons. The first-order valence-corrected chi connectivity index (χ1v) is 14.1. The van der Waals surface area contributed by atoms with Crippen molar-refractivity contribution in [1.29, 1.82) is 0 Å². The monoisotopic (exact) mass is 550 g/mol. The highest BCUT2D eigenvalue weighted by atomic mass is 32.2. The van der Waals surface area contributed by atoms with Crippen molar-refractivity contribution < 1.29 is 19.1 Å². The summed E-state index contributed by atoms with van der Waals surface area (Å²) in [6.07, 6.45) is 1.52. The van der Waals surface area contributed by atoms with Crippen LogP contribution in [0.1, 0.15) is 17.7 Å². The molecule has 1 fully saturated rings. The number of amides is 2. The van der Waals surface area contributed by atoms with E-state index in [2.05, 4.69) is 20.6 Å². The van der Waals surface area contributed by atoms with Crippen molar-refractivity contribution in [2.24, 2.45) is 0 Å². The summed E-state index contributed by atoms with van der Waals surface area (Å²) in [7, 11) is 0.969. The number of carbonyl (C=O) groups is 2. The van der Waals surface area contributed by atoms with Gasteiger partial charge in [-0.05, 0) is 31.5 Å². The zero-order valence-corrected chi connectivity index (χ0v) is 22.6. The van der Waals surface area contributed by atoms with E-state index >= 15 is 0 Å². The molecule has 0 radical (unpaired) electrons. The van der Waals surface area contributed by atoms with Gasteiger partial charge in [-0.15, -0.1) is 10.5 Å². The minimum atomic E-state index is -0.561. The van der Waals surface area contributed by atoms with Gasteiger partial charge >= 0.3 is 6.09 Å². The minimum absolute atomic E-state index is 0.172. The lowest BCUT2D eigenvalue weighted by Gasteiger charge is -2.24. The van der Waals surface area contributed by atoms with Crippen LogP contribution >= 0.6 is 10.5 Å². The zero-order chi connectivity index (χ0) is 27.4. The molecule has 11 nitrogen and oxygen atoms in total.